The van der Waals surface area contributed by atoms with Crippen LogP contribution in [0.1, 0.15) is 11.4 Å². The lowest BCUT2D eigenvalue weighted by molar-refractivity contribution is 0.615. The molecule has 5 heteroatoms. The maximum Gasteiger partial charge on any atom is 0.139 e. The monoisotopic (exact) mass is 240 g/mol. The molecule has 0 bridgehead atoms. The molecular formula is C13H12N4O. The summed E-state index contributed by atoms with van der Waals surface area (Å²) in [6.07, 6.45) is 6.89. The van der Waals surface area contributed by atoms with Crippen LogP contribution in [-0.4, -0.2) is 15.0 Å². The average Bonchev–Trinajstić information content (AvgIpc) is 2.87. The van der Waals surface area contributed by atoms with Crippen molar-refractivity contribution in [2.24, 2.45) is 0 Å². The van der Waals surface area contributed by atoms with Crippen molar-refractivity contribution in [2.45, 2.75) is 13.5 Å². The molecule has 0 radical (unpaired) electrons. The molecule has 0 aliphatic carbocycles. The Hall–Kier alpha value is -2.43. The van der Waals surface area contributed by atoms with E-state index in [1.165, 1.54) is 0 Å². The Morgan fingerprint density at radius 3 is 2.94 bits per heavy atom. The van der Waals surface area contributed by atoms with Gasteiger partial charge < -0.3 is 9.73 Å². The molecule has 3 aromatic rings. The number of fused-ring (bicyclic) bond motifs is 1. The van der Waals surface area contributed by atoms with Crippen LogP contribution in [0.25, 0.3) is 11.0 Å². The first-order chi connectivity index (χ1) is 8.83. The Morgan fingerprint density at radius 1 is 1.17 bits per heavy atom. The van der Waals surface area contributed by atoms with Crippen LogP contribution >= 0.6 is 0 Å². The number of aromatic nitrogens is 3. The van der Waals surface area contributed by atoms with E-state index in [0.29, 0.717) is 6.54 Å². The van der Waals surface area contributed by atoms with Crippen molar-refractivity contribution in [1.82, 2.24) is 15.0 Å². The number of nitrogens with one attached hydrogen (secondary N) is 1. The van der Waals surface area contributed by atoms with Gasteiger partial charge in [0, 0.05) is 12.4 Å². The number of anilines is 1. The second-order valence-electron chi connectivity index (χ2n) is 3.99. The van der Waals surface area contributed by atoms with Crippen LogP contribution < -0.4 is 5.32 Å². The molecule has 0 fully saturated rings. The summed E-state index contributed by atoms with van der Waals surface area (Å²) in [4.78, 5) is 12.8. The van der Waals surface area contributed by atoms with E-state index >= 15 is 0 Å². The first-order valence-corrected chi connectivity index (χ1v) is 5.66. The molecule has 90 valence electrons. The van der Waals surface area contributed by atoms with E-state index in [4.69, 9.17) is 4.42 Å². The van der Waals surface area contributed by atoms with Crippen LogP contribution in [0.5, 0.6) is 0 Å². The predicted octanol–water partition coefficient (Wildman–Crippen LogP) is 2.54. The summed E-state index contributed by atoms with van der Waals surface area (Å²) < 4.78 is 5.32. The highest BCUT2D eigenvalue weighted by Gasteiger charge is 2.04. The zero-order chi connectivity index (χ0) is 12.4. The minimum absolute atomic E-state index is 0.588. The Balaban J connectivity index is 1.80. The number of furan rings is 1. The molecule has 0 saturated carbocycles. The minimum Gasteiger partial charge on any atom is -0.464 e. The number of hydrogen-bond donors (Lipinski definition) is 1. The van der Waals surface area contributed by atoms with Gasteiger partial charge in [-0.25, -0.2) is 4.98 Å². The third kappa shape index (κ3) is 2.02. The molecule has 0 unspecified atom stereocenters. The molecule has 3 aromatic heterocycles. The summed E-state index contributed by atoms with van der Waals surface area (Å²) in [6.45, 7) is 2.50. The maximum absolute atomic E-state index is 5.32. The van der Waals surface area contributed by atoms with Gasteiger partial charge in [-0.05, 0) is 19.1 Å². The third-order valence-corrected chi connectivity index (χ3v) is 2.65. The third-order valence-electron chi connectivity index (χ3n) is 2.65. The Bertz CT molecular complexity index is 660. The quantitative estimate of drug-likeness (QED) is 0.762. The van der Waals surface area contributed by atoms with Gasteiger partial charge in [0.15, 0.2) is 0 Å². The molecule has 0 aliphatic rings. The topological polar surface area (TPSA) is 63.8 Å². The van der Waals surface area contributed by atoms with Gasteiger partial charge in [0.1, 0.15) is 11.4 Å². The van der Waals surface area contributed by atoms with Crippen LogP contribution in [0.3, 0.4) is 0 Å². The Kier molecular flexibility index (Phi) is 2.64. The lowest BCUT2D eigenvalue weighted by atomic mass is 10.3. The van der Waals surface area contributed by atoms with Gasteiger partial charge in [-0.2, -0.15) is 0 Å². The SMILES string of the molecule is Cc1cnc(CNc2nccc3occc23)cn1. The molecule has 0 aliphatic heterocycles. The number of pyridine rings is 1. The fourth-order valence-electron chi connectivity index (χ4n) is 1.72. The molecule has 5 nitrogen and oxygen atoms in total. The first-order valence-electron chi connectivity index (χ1n) is 5.66. The van der Waals surface area contributed by atoms with Gasteiger partial charge in [0.2, 0.25) is 0 Å². The van der Waals surface area contributed by atoms with Gasteiger partial charge >= 0.3 is 0 Å². The molecule has 0 amide bonds. The van der Waals surface area contributed by atoms with E-state index in [1.807, 2.05) is 19.1 Å². The highest BCUT2D eigenvalue weighted by atomic mass is 16.3. The zero-order valence-electron chi connectivity index (χ0n) is 9.92. The standard InChI is InChI=1S/C13H12N4O/c1-9-6-16-10(7-15-9)8-17-13-11-3-5-18-12(11)2-4-14-13/h2-7H,8H2,1H3,(H,14,17). The summed E-state index contributed by atoms with van der Waals surface area (Å²) in [5.41, 5.74) is 2.61. The van der Waals surface area contributed by atoms with E-state index in [0.717, 1.165) is 28.2 Å². The van der Waals surface area contributed by atoms with E-state index in [2.05, 4.69) is 20.3 Å². The normalized spacial score (nSPS) is 10.7. The Labute approximate surface area is 104 Å². The fraction of sp³-hybridized carbons (Fsp3) is 0.154. The van der Waals surface area contributed by atoms with E-state index < -0.39 is 0 Å². The number of hydrogen-bond acceptors (Lipinski definition) is 5. The predicted molar refractivity (Wildman–Crippen MR) is 68.1 cm³/mol. The van der Waals surface area contributed by atoms with Crippen molar-refractivity contribution in [3.63, 3.8) is 0 Å². The summed E-state index contributed by atoms with van der Waals surface area (Å²) in [5.74, 6) is 0.795. The minimum atomic E-state index is 0.588. The van der Waals surface area contributed by atoms with Crippen LogP contribution in [0.15, 0.2) is 41.4 Å². The summed E-state index contributed by atoms with van der Waals surface area (Å²) in [6, 6.07) is 3.73. The molecule has 3 rings (SSSR count). The highest BCUT2D eigenvalue weighted by molar-refractivity contribution is 5.87. The van der Waals surface area contributed by atoms with Crippen molar-refractivity contribution in [2.75, 3.05) is 5.32 Å². The van der Waals surface area contributed by atoms with Gasteiger partial charge in [0.05, 0.1) is 35.8 Å². The average molecular weight is 240 g/mol. The van der Waals surface area contributed by atoms with Crippen molar-refractivity contribution in [3.8, 4) is 0 Å². The van der Waals surface area contributed by atoms with Crippen molar-refractivity contribution in [1.29, 1.82) is 0 Å². The number of nitrogens with zero attached hydrogens (tertiary/aromatic N) is 3. The van der Waals surface area contributed by atoms with Crippen molar-refractivity contribution in [3.05, 3.63) is 48.4 Å². The molecule has 3 heterocycles. The molecular weight excluding hydrogens is 228 g/mol. The van der Waals surface area contributed by atoms with E-state index in [-0.39, 0.29) is 0 Å². The summed E-state index contributed by atoms with van der Waals surface area (Å²) in [7, 11) is 0. The molecule has 0 spiro atoms. The second kappa shape index (κ2) is 4.44. The van der Waals surface area contributed by atoms with Gasteiger partial charge in [0.25, 0.3) is 0 Å². The molecule has 0 aromatic carbocycles. The van der Waals surface area contributed by atoms with Crippen LogP contribution in [0.2, 0.25) is 0 Å². The van der Waals surface area contributed by atoms with Gasteiger partial charge in [-0.1, -0.05) is 0 Å². The lowest BCUT2D eigenvalue weighted by Gasteiger charge is -2.05. The van der Waals surface area contributed by atoms with Crippen molar-refractivity contribution < 1.29 is 4.42 Å². The van der Waals surface area contributed by atoms with Crippen molar-refractivity contribution >= 4 is 16.8 Å². The van der Waals surface area contributed by atoms with E-state index in [1.54, 1.807) is 24.9 Å². The highest BCUT2D eigenvalue weighted by Crippen LogP contribution is 2.21. The first kappa shape index (κ1) is 10.7. The molecule has 18 heavy (non-hydrogen) atoms. The van der Waals surface area contributed by atoms with Gasteiger partial charge in [-0.15, -0.1) is 0 Å². The summed E-state index contributed by atoms with van der Waals surface area (Å²) in [5, 5.41) is 4.21. The van der Waals surface area contributed by atoms with Crippen LogP contribution in [0.4, 0.5) is 5.82 Å². The van der Waals surface area contributed by atoms with Crippen LogP contribution in [-0.2, 0) is 6.54 Å². The number of rotatable bonds is 3. The fourth-order valence-corrected chi connectivity index (χ4v) is 1.72. The largest absolute Gasteiger partial charge is 0.464 e. The molecule has 1 N–H and O–H groups in total. The van der Waals surface area contributed by atoms with Crippen LogP contribution in [0, 0.1) is 6.92 Å². The smallest absolute Gasteiger partial charge is 0.139 e. The molecule has 0 atom stereocenters. The summed E-state index contributed by atoms with van der Waals surface area (Å²) >= 11 is 0. The lowest BCUT2D eigenvalue weighted by Crippen LogP contribution is -2.04. The molecule has 0 saturated heterocycles. The zero-order valence-corrected chi connectivity index (χ0v) is 9.92. The second-order valence-corrected chi connectivity index (χ2v) is 3.99. The van der Waals surface area contributed by atoms with Gasteiger partial charge in [-0.3, -0.25) is 9.97 Å². The Morgan fingerprint density at radius 2 is 2.11 bits per heavy atom. The maximum atomic E-state index is 5.32. The van der Waals surface area contributed by atoms with E-state index in [9.17, 15) is 0 Å². The number of aryl methyl sites for hydroxylation is 1.